The molecule has 0 bridgehead atoms. The molecule has 99 heavy (non-hydrogen) atoms. The van der Waals surface area contributed by atoms with Crippen LogP contribution >= 0.6 is 0 Å². The summed E-state index contributed by atoms with van der Waals surface area (Å²) in [5, 5.41) is 13.2. The predicted molar refractivity (Wildman–Crippen MR) is 364 cm³/mol. The van der Waals surface area contributed by atoms with E-state index in [1.54, 1.807) is 22.9 Å². The summed E-state index contributed by atoms with van der Waals surface area (Å²) < 4.78 is 48.1. The molecule has 0 amide bonds. The Kier molecular flexibility index (Phi) is 28.5. The van der Waals surface area contributed by atoms with Gasteiger partial charge in [0.2, 0.25) is 0 Å². The first-order valence-electron chi connectivity index (χ1n) is 29.8. The minimum absolute atomic E-state index is 0. The number of imidazole rings is 5. The number of ketones is 1. The molecule has 0 unspecified atom stereocenters. The number of allylic oxidation sites excluding steroid dienone is 2. The fraction of sp³-hybridized carbons (Fsp3) is 0.0380. The third-order valence-corrected chi connectivity index (χ3v) is 14.7. The van der Waals surface area contributed by atoms with Crippen LogP contribution in [0, 0.1) is 30.3 Å². The van der Waals surface area contributed by atoms with Gasteiger partial charge in [0.1, 0.15) is 0 Å². The number of nitrogens with zero attached hydrogens (tertiary/aromatic N) is 10. The summed E-state index contributed by atoms with van der Waals surface area (Å²) >= 11 is 0. The van der Waals surface area contributed by atoms with Gasteiger partial charge in [-0.2, -0.15) is 13.2 Å². The molecule has 0 aliphatic carbocycles. The molecule has 17 rings (SSSR count). The first kappa shape index (κ1) is 77.1. The number of hydrogen-bond acceptors (Lipinski definition) is 7. The van der Waals surface area contributed by atoms with Crippen molar-refractivity contribution in [3.63, 3.8) is 0 Å². The number of fused-ring (bicyclic) bond motifs is 8. The second-order valence-corrected chi connectivity index (χ2v) is 21.2. The standard InChI is InChI=1S/2C17H11N2.C14H8F3N2.2C13H9N2.C5H8O2.5Ir/c1-2-6-14-11-15(9-8-13(14)5-1)17-18-12-16-7-3-4-10-19(16)17;1-2-7-14(8-3-1)17-18-12-16-15-9-5-4-6-13(15)10-11-19(16)17;15-14(16,17)11-5-3-4-10(8-11)13-18-9-12-6-1-2-7-19(12)13;2*1-2-6-11(7-3-1)13-14-10-12-8-4-5-9-15(12)13;1-4(6)3-5(2)7;;;;;/h1-8,10-12H;1-7,9-12H;1-3,5-9H;2*1-6,8-10H;3,6H,1-2H3;;;;;/q5*-1;;;;;;. The molecular weight excluding hydrogens is 2140 g/mol. The molecule has 0 aliphatic heterocycles. The molecule has 1 N–H and O–H groups in total. The number of carbonyl (C=O) groups excluding carboxylic acids is 1. The van der Waals surface area contributed by atoms with Crippen molar-refractivity contribution in [3.8, 4) is 56.9 Å². The average molecular weight is 2200 g/mol. The van der Waals surface area contributed by atoms with Crippen molar-refractivity contribution >= 4 is 54.9 Å². The molecule has 0 spiro atoms. The van der Waals surface area contributed by atoms with Crippen molar-refractivity contribution in [2.45, 2.75) is 20.0 Å². The summed E-state index contributed by atoms with van der Waals surface area (Å²) in [6, 6.07) is 89.3. The van der Waals surface area contributed by atoms with Crippen LogP contribution in [-0.4, -0.2) is 57.8 Å². The number of aliphatic hydroxyl groups excluding tert-OH is 1. The summed E-state index contributed by atoms with van der Waals surface area (Å²) in [4.78, 5) is 32.0. The van der Waals surface area contributed by atoms with E-state index in [0.717, 1.165) is 85.3 Å². The summed E-state index contributed by atoms with van der Waals surface area (Å²) in [5.41, 5.74) is 8.94. The number of halogens is 3. The van der Waals surface area contributed by atoms with Gasteiger partial charge in [-0.25, -0.2) is 0 Å². The molecule has 0 fully saturated rings. The molecule has 0 aliphatic rings. The molecule has 17 aromatic rings. The molecule has 20 heteroatoms. The van der Waals surface area contributed by atoms with Gasteiger partial charge in [-0.15, -0.1) is 167 Å². The van der Waals surface area contributed by atoms with Crippen LogP contribution in [0.25, 0.3) is 106 Å². The molecule has 7 aromatic carbocycles. The maximum absolute atomic E-state index is 12.7. The molecule has 12 nitrogen and oxygen atoms in total. The first-order valence-corrected chi connectivity index (χ1v) is 29.8. The topological polar surface area (TPSA) is 124 Å². The molecule has 5 radical (unpaired) electrons. The van der Waals surface area contributed by atoms with E-state index in [9.17, 15) is 18.0 Å². The van der Waals surface area contributed by atoms with Crippen LogP contribution in [-0.2, 0) is 111 Å². The number of aliphatic hydroxyl groups is 1. The molecule has 505 valence electrons. The van der Waals surface area contributed by atoms with Gasteiger partial charge in [0, 0.05) is 174 Å². The Balaban J connectivity index is 0.000000168. The van der Waals surface area contributed by atoms with Crippen molar-refractivity contribution < 1.29 is 124 Å². The van der Waals surface area contributed by atoms with Crippen molar-refractivity contribution in [1.82, 2.24) is 46.9 Å². The van der Waals surface area contributed by atoms with Crippen LogP contribution in [0.4, 0.5) is 13.2 Å². The number of hydrogen-bond donors (Lipinski definition) is 1. The van der Waals surface area contributed by atoms with Crippen LogP contribution < -0.4 is 0 Å². The fourth-order valence-electron chi connectivity index (χ4n) is 10.4. The molecule has 10 heterocycles. The zero-order valence-corrected chi connectivity index (χ0v) is 64.4. The van der Waals surface area contributed by atoms with E-state index in [0.29, 0.717) is 11.4 Å². The van der Waals surface area contributed by atoms with Crippen molar-refractivity contribution in [2.24, 2.45) is 0 Å². The van der Waals surface area contributed by atoms with Gasteiger partial charge in [0.05, 0.1) is 62.5 Å². The smallest absolute Gasteiger partial charge is 0.399 e. The van der Waals surface area contributed by atoms with Gasteiger partial charge >= 0.3 is 6.18 Å². The van der Waals surface area contributed by atoms with Crippen LogP contribution in [0.2, 0.25) is 0 Å². The maximum atomic E-state index is 12.7. The third-order valence-electron chi connectivity index (χ3n) is 14.7. The minimum atomic E-state index is -4.36. The van der Waals surface area contributed by atoms with Gasteiger partial charge in [-0.1, -0.05) is 78.2 Å². The van der Waals surface area contributed by atoms with Crippen molar-refractivity contribution in [1.29, 1.82) is 0 Å². The third kappa shape index (κ3) is 19.0. The van der Waals surface area contributed by atoms with Gasteiger partial charge in [0.15, 0.2) is 5.78 Å². The number of carbonyl (C=O) groups is 1. The van der Waals surface area contributed by atoms with E-state index >= 15 is 0 Å². The maximum Gasteiger partial charge on any atom is 0.399 e. The average Bonchev–Trinajstić information content (AvgIpc) is 1.30. The summed E-state index contributed by atoms with van der Waals surface area (Å²) in [7, 11) is 0. The fourth-order valence-corrected chi connectivity index (χ4v) is 10.4. The normalized spacial score (nSPS) is 10.6. The SMILES string of the molecule is CC(=O)C=C(C)O.FC(F)(F)c1cc[c-]c(-c2ncc3ccccn23)c1.[Ir].[Ir].[Ir].[Ir].[Ir].[c-]1cc2ccccc2cc1-c1ncc2ccccn12.[c-]1ccccc1-c1ncc2c3ccccc3ccn12.[c-]1ccccc1-c1ncc2ccccn12.[c-]1ccccc1-c1ncc2ccccn12. The van der Waals surface area contributed by atoms with Crippen LogP contribution in [0.3, 0.4) is 0 Å². The van der Waals surface area contributed by atoms with Gasteiger partial charge in [0.25, 0.3) is 0 Å². The van der Waals surface area contributed by atoms with Crippen LogP contribution in [0.15, 0.2) is 304 Å². The Morgan fingerprint density at radius 3 is 1.17 bits per heavy atom. The molecule has 0 saturated heterocycles. The van der Waals surface area contributed by atoms with E-state index in [1.165, 1.54) is 47.5 Å². The number of benzene rings is 7. The van der Waals surface area contributed by atoms with E-state index in [4.69, 9.17) is 5.11 Å². The van der Waals surface area contributed by atoms with Gasteiger partial charge < -0.3 is 27.1 Å². The first-order chi connectivity index (χ1) is 45.9. The second kappa shape index (κ2) is 36.5. The van der Waals surface area contributed by atoms with E-state index < -0.39 is 11.7 Å². The Labute approximate surface area is 636 Å². The Morgan fingerprint density at radius 2 is 0.758 bits per heavy atom. The Bertz CT molecular complexity index is 5320. The summed E-state index contributed by atoms with van der Waals surface area (Å²) in [6.07, 6.45) is 15.9. The van der Waals surface area contributed by atoms with Crippen LogP contribution in [0.1, 0.15) is 19.4 Å². The minimum Gasteiger partial charge on any atom is -0.512 e. The number of rotatable bonds is 6. The number of aromatic nitrogens is 10. The molecular formula is C79H56F3Ir5N10O2-5. The predicted octanol–water partition coefficient (Wildman–Crippen LogP) is 18.4. The van der Waals surface area contributed by atoms with Crippen molar-refractivity contribution in [2.75, 3.05) is 0 Å². The van der Waals surface area contributed by atoms with E-state index in [-0.39, 0.29) is 112 Å². The summed E-state index contributed by atoms with van der Waals surface area (Å²) in [5.74, 6) is 4.12. The van der Waals surface area contributed by atoms with E-state index in [1.807, 2.05) is 189 Å². The number of alkyl halides is 3. The quantitative estimate of drug-likeness (QED) is 0.0999. The van der Waals surface area contributed by atoms with Crippen LogP contribution in [0.5, 0.6) is 0 Å². The summed E-state index contributed by atoms with van der Waals surface area (Å²) in [6.45, 7) is 2.85. The Morgan fingerprint density at radius 1 is 0.384 bits per heavy atom. The van der Waals surface area contributed by atoms with Crippen molar-refractivity contribution in [3.05, 3.63) is 340 Å². The monoisotopic (exact) mass is 2200 g/mol. The molecule has 0 atom stereocenters. The second-order valence-electron chi connectivity index (χ2n) is 21.2. The molecule has 0 saturated carbocycles. The zero-order valence-electron chi connectivity index (χ0n) is 52.4. The Hall–Kier alpha value is -9.24. The molecule has 10 aromatic heterocycles. The van der Waals surface area contributed by atoms with Gasteiger partial charge in [-0.3, -0.25) is 29.7 Å². The number of pyridine rings is 5. The zero-order chi connectivity index (χ0) is 64.8. The largest absolute Gasteiger partial charge is 0.512 e. The van der Waals surface area contributed by atoms with Gasteiger partial charge in [-0.05, 0) is 79.4 Å². The van der Waals surface area contributed by atoms with E-state index in [2.05, 4.69) is 140 Å².